The molecule has 0 spiro atoms. The largest absolute Gasteiger partial charge is 0.339 e. The van der Waals surface area contributed by atoms with Crippen LogP contribution < -0.4 is 0 Å². The first-order valence-electron chi connectivity index (χ1n) is 7.81. The molecule has 2 aromatic heterocycles. The number of aromatic nitrogens is 5. The van der Waals surface area contributed by atoms with Crippen molar-refractivity contribution in [3.63, 3.8) is 0 Å². The number of nitrogens with zero attached hydrogens (tertiary/aromatic N) is 7. The normalized spacial score (nSPS) is 21.3. The maximum Gasteiger partial charge on any atom is 0.223 e. The third-order valence-electron chi connectivity index (χ3n) is 4.57. The van der Waals surface area contributed by atoms with Gasteiger partial charge < -0.3 is 14.4 Å². The molecule has 2 atom stereocenters. The summed E-state index contributed by atoms with van der Waals surface area (Å²) in [6.45, 7) is 1.40. The van der Waals surface area contributed by atoms with Crippen molar-refractivity contribution in [1.82, 2.24) is 34.3 Å². The lowest BCUT2D eigenvalue weighted by Crippen LogP contribution is -2.37. The Labute approximate surface area is 135 Å². The minimum absolute atomic E-state index is 0.146. The molecule has 1 amide bonds. The summed E-state index contributed by atoms with van der Waals surface area (Å²) in [5, 5.41) is 8.00. The van der Waals surface area contributed by atoms with Gasteiger partial charge in [0.05, 0.1) is 24.6 Å². The molecule has 1 aliphatic rings. The molecule has 1 aliphatic heterocycles. The van der Waals surface area contributed by atoms with E-state index in [-0.39, 0.29) is 18.0 Å². The van der Waals surface area contributed by atoms with E-state index in [9.17, 15) is 4.79 Å². The zero-order chi connectivity index (χ0) is 16.4. The van der Waals surface area contributed by atoms with Crippen molar-refractivity contribution in [3.05, 3.63) is 30.6 Å². The number of amides is 1. The monoisotopic (exact) mass is 317 g/mol. The molecule has 8 heteroatoms. The van der Waals surface area contributed by atoms with E-state index in [4.69, 9.17) is 0 Å². The second kappa shape index (κ2) is 6.49. The van der Waals surface area contributed by atoms with E-state index in [1.165, 1.54) is 0 Å². The van der Waals surface area contributed by atoms with E-state index in [0.717, 1.165) is 12.2 Å². The SMILES string of the molecule is CN(C)[C@@H]1CN(C(=O)CCc2cncn2C)C[C@@H]1n1ccnn1. The standard InChI is InChI=1S/C15H23N7O/c1-19(2)13-9-21(10-14(13)22-7-6-17-18-22)15(23)5-4-12-8-16-11-20(12)3/h6-8,11,13-14H,4-5,9-10H2,1-3H3/t13-,14+/m1/s1. The molecule has 3 heterocycles. The molecule has 124 valence electrons. The van der Waals surface area contributed by atoms with Crippen LogP contribution in [0.1, 0.15) is 18.2 Å². The van der Waals surface area contributed by atoms with Gasteiger partial charge in [0.25, 0.3) is 0 Å². The summed E-state index contributed by atoms with van der Waals surface area (Å²) >= 11 is 0. The van der Waals surface area contributed by atoms with Crippen LogP contribution in [0.5, 0.6) is 0 Å². The van der Waals surface area contributed by atoms with Crippen LogP contribution in [0.2, 0.25) is 0 Å². The number of carbonyl (C=O) groups is 1. The molecule has 2 aromatic rings. The van der Waals surface area contributed by atoms with Crippen molar-refractivity contribution >= 4 is 5.91 Å². The highest BCUT2D eigenvalue weighted by Gasteiger charge is 2.37. The summed E-state index contributed by atoms with van der Waals surface area (Å²) in [4.78, 5) is 20.8. The number of hydrogen-bond acceptors (Lipinski definition) is 5. The van der Waals surface area contributed by atoms with Gasteiger partial charge in [0.1, 0.15) is 0 Å². The van der Waals surface area contributed by atoms with Crippen molar-refractivity contribution in [1.29, 1.82) is 0 Å². The average Bonchev–Trinajstić information content (AvgIpc) is 3.24. The van der Waals surface area contributed by atoms with Crippen molar-refractivity contribution in [2.75, 3.05) is 27.2 Å². The van der Waals surface area contributed by atoms with Gasteiger partial charge in [-0.1, -0.05) is 5.21 Å². The van der Waals surface area contributed by atoms with E-state index >= 15 is 0 Å². The molecule has 0 aromatic carbocycles. The second-order valence-corrected chi connectivity index (χ2v) is 6.28. The van der Waals surface area contributed by atoms with Crippen LogP contribution in [-0.2, 0) is 18.3 Å². The summed E-state index contributed by atoms with van der Waals surface area (Å²) < 4.78 is 3.82. The van der Waals surface area contributed by atoms with Gasteiger partial charge in [0, 0.05) is 44.6 Å². The number of likely N-dealkylation sites (tertiary alicyclic amines) is 1. The van der Waals surface area contributed by atoms with Crippen LogP contribution in [0.3, 0.4) is 0 Å². The van der Waals surface area contributed by atoms with Gasteiger partial charge in [-0.3, -0.25) is 4.79 Å². The second-order valence-electron chi connectivity index (χ2n) is 6.28. The predicted molar refractivity (Wildman–Crippen MR) is 84.6 cm³/mol. The summed E-state index contributed by atoms with van der Waals surface area (Å²) in [5.41, 5.74) is 1.08. The van der Waals surface area contributed by atoms with E-state index in [1.807, 2.05) is 47.7 Å². The Bertz CT molecular complexity index is 649. The van der Waals surface area contributed by atoms with Crippen LogP contribution in [0.15, 0.2) is 24.9 Å². The summed E-state index contributed by atoms with van der Waals surface area (Å²) in [6.07, 6.45) is 8.34. The van der Waals surface area contributed by atoms with E-state index in [1.54, 1.807) is 12.5 Å². The number of imidazole rings is 1. The zero-order valence-corrected chi connectivity index (χ0v) is 13.8. The lowest BCUT2D eigenvalue weighted by atomic mass is 10.1. The number of carbonyl (C=O) groups excluding carboxylic acids is 1. The van der Waals surface area contributed by atoms with Crippen molar-refractivity contribution in [3.8, 4) is 0 Å². The highest BCUT2D eigenvalue weighted by Crippen LogP contribution is 2.25. The van der Waals surface area contributed by atoms with Gasteiger partial charge in [0.15, 0.2) is 0 Å². The average molecular weight is 317 g/mol. The Morgan fingerprint density at radius 1 is 1.39 bits per heavy atom. The maximum absolute atomic E-state index is 12.6. The molecular weight excluding hydrogens is 294 g/mol. The first kappa shape index (κ1) is 15.7. The third-order valence-corrected chi connectivity index (χ3v) is 4.57. The van der Waals surface area contributed by atoms with E-state index in [2.05, 4.69) is 20.2 Å². The molecule has 0 saturated carbocycles. The van der Waals surface area contributed by atoms with Gasteiger partial charge in [-0.2, -0.15) is 0 Å². The first-order valence-corrected chi connectivity index (χ1v) is 7.81. The summed E-state index contributed by atoms with van der Waals surface area (Å²) in [7, 11) is 6.03. The molecule has 23 heavy (non-hydrogen) atoms. The van der Waals surface area contributed by atoms with Gasteiger partial charge in [-0.15, -0.1) is 5.10 Å². The van der Waals surface area contributed by atoms with Crippen LogP contribution in [-0.4, -0.2) is 73.5 Å². The molecule has 0 bridgehead atoms. The molecule has 1 saturated heterocycles. The molecule has 3 rings (SSSR count). The Hall–Kier alpha value is -2.22. The number of likely N-dealkylation sites (N-methyl/N-ethyl adjacent to an activating group) is 1. The van der Waals surface area contributed by atoms with Crippen LogP contribution in [0.25, 0.3) is 0 Å². The Morgan fingerprint density at radius 3 is 2.83 bits per heavy atom. The Morgan fingerprint density at radius 2 is 2.22 bits per heavy atom. The minimum atomic E-state index is 0.146. The van der Waals surface area contributed by atoms with Crippen LogP contribution >= 0.6 is 0 Å². The van der Waals surface area contributed by atoms with Gasteiger partial charge in [0.2, 0.25) is 5.91 Å². The lowest BCUT2D eigenvalue weighted by Gasteiger charge is -2.24. The minimum Gasteiger partial charge on any atom is -0.339 e. The highest BCUT2D eigenvalue weighted by molar-refractivity contribution is 5.76. The van der Waals surface area contributed by atoms with Crippen LogP contribution in [0.4, 0.5) is 0 Å². The fraction of sp³-hybridized carbons (Fsp3) is 0.600. The van der Waals surface area contributed by atoms with Crippen LogP contribution in [0, 0.1) is 0 Å². The molecule has 0 unspecified atom stereocenters. The molecule has 0 aliphatic carbocycles. The van der Waals surface area contributed by atoms with Crippen molar-refractivity contribution in [2.24, 2.45) is 7.05 Å². The lowest BCUT2D eigenvalue weighted by molar-refractivity contribution is -0.130. The highest BCUT2D eigenvalue weighted by atomic mass is 16.2. The fourth-order valence-electron chi connectivity index (χ4n) is 3.15. The van der Waals surface area contributed by atoms with Gasteiger partial charge >= 0.3 is 0 Å². The van der Waals surface area contributed by atoms with Crippen molar-refractivity contribution in [2.45, 2.75) is 24.9 Å². The molecule has 0 radical (unpaired) electrons. The predicted octanol–water partition coefficient (Wildman–Crippen LogP) is -0.0421. The Balaban J connectivity index is 1.64. The van der Waals surface area contributed by atoms with E-state index in [0.29, 0.717) is 19.4 Å². The number of rotatable bonds is 5. The molecule has 1 fully saturated rings. The Kier molecular flexibility index (Phi) is 4.42. The topological polar surface area (TPSA) is 72.1 Å². The summed E-state index contributed by atoms with van der Waals surface area (Å²) in [6, 6.07) is 0.394. The summed E-state index contributed by atoms with van der Waals surface area (Å²) in [5.74, 6) is 0.181. The van der Waals surface area contributed by atoms with Gasteiger partial charge in [-0.25, -0.2) is 9.67 Å². The molecule has 0 N–H and O–H groups in total. The zero-order valence-electron chi connectivity index (χ0n) is 13.8. The first-order chi connectivity index (χ1) is 11.1. The third kappa shape index (κ3) is 3.26. The molecular formula is C15H23N7O. The quantitative estimate of drug-likeness (QED) is 0.774. The fourth-order valence-corrected chi connectivity index (χ4v) is 3.15. The maximum atomic E-state index is 12.6. The smallest absolute Gasteiger partial charge is 0.223 e. The van der Waals surface area contributed by atoms with Gasteiger partial charge in [-0.05, 0) is 20.5 Å². The number of hydrogen-bond donors (Lipinski definition) is 0. The van der Waals surface area contributed by atoms with Crippen molar-refractivity contribution < 1.29 is 4.79 Å². The molecule has 8 nitrogen and oxygen atoms in total. The van der Waals surface area contributed by atoms with E-state index < -0.39 is 0 Å². The number of aryl methyl sites for hydroxylation is 2.